The zero-order chi connectivity index (χ0) is 20.1. The number of aliphatic carboxylic acids is 1. The summed E-state index contributed by atoms with van der Waals surface area (Å²) in [6, 6.07) is 4.26. The number of nitrogens with one attached hydrogen (secondary N) is 1. The second kappa shape index (κ2) is 9.71. The van der Waals surface area contributed by atoms with Crippen molar-refractivity contribution in [3.8, 4) is 0 Å². The minimum atomic E-state index is -0.913. The minimum absolute atomic E-state index is 0.0679. The number of carboxylic acids is 1. The van der Waals surface area contributed by atoms with Crippen molar-refractivity contribution in [1.82, 2.24) is 4.98 Å². The highest BCUT2D eigenvalue weighted by Crippen LogP contribution is 2.31. The summed E-state index contributed by atoms with van der Waals surface area (Å²) in [6.45, 7) is 0.513. The second-order valence-corrected chi connectivity index (χ2v) is 9.62. The van der Waals surface area contributed by atoms with E-state index in [1.165, 1.54) is 23.6 Å². The van der Waals surface area contributed by atoms with Crippen molar-refractivity contribution in [2.24, 2.45) is 5.92 Å². The maximum absolute atomic E-state index is 14.0. The van der Waals surface area contributed by atoms with Gasteiger partial charge >= 0.3 is 12.0 Å². The van der Waals surface area contributed by atoms with Gasteiger partial charge in [-0.1, -0.05) is 24.2 Å². The van der Waals surface area contributed by atoms with Crippen LogP contribution in [0.25, 0.3) is 0 Å². The number of hydrogen-bond donors (Lipinski definition) is 2. The number of carboxylic acid groups (broad SMARTS) is 1. The number of hydrogen-bond acceptors (Lipinski definition) is 5. The third kappa shape index (κ3) is 5.68. The lowest BCUT2D eigenvalue weighted by molar-refractivity contribution is -0.133. The molecule has 2 aromatic rings. The number of urea groups is 1. The van der Waals surface area contributed by atoms with E-state index in [4.69, 9.17) is 5.11 Å². The zero-order valence-corrected chi connectivity index (χ0v) is 18.1. The summed E-state index contributed by atoms with van der Waals surface area (Å²) in [5, 5.41) is 11.9. The fourth-order valence-electron chi connectivity index (χ4n) is 3.09. The minimum Gasteiger partial charge on any atom is -0.481 e. The Hall–Kier alpha value is -1.65. The quantitative estimate of drug-likeness (QED) is 0.507. The topological polar surface area (TPSA) is 82.5 Å². The first-order chi connectivity index (χ1) is 13.4. The molecule has 0 atom stereocenters. The smallest absolute Gasteiger partial charge is 0.328 e. The van der Waals surface area contributed by atoms with Crippen molar-refractivity contribution in [1.29, 1.82) is 0 Å². The number of amides is 2. The lowest BCUT2D eigenvalue weighted by Crippen LogP contribution is -2.38. The molecule has 10 heteroatoms. The Kier molecular flexibility index (Phi) is 7.30. The third-order valence-electron chi connectivity index (χ3n) is 4.41. The van der Waals surface area contributed by atoms with Crippen molar-refractivity contribution < 1.29 is 19.1 Å². The van der Waals surface area contributed by atoms with Gasteiger partial charge in [-0.25, -0.2) is 14.2 Å². The molecule has 0 saturated heterocycles. The number of nitrogens with zero attached hydrogens (tertiary/aromatic N) is 2. The van der Waals surface area contributed by atoms with Crippen LogP contribution in [0.5, 0.6) is 0 Å². The largest absolute Gasteiger partial charge is 0.481 e. The normalized spacial score (nSPS) is 14.2. The van der Waals surface area contributed by atoms with Crippen LogP contribution in [0.1, 0.15) is 25.7 Å². The molecule has 3 rings (SSSR count). The van der Waals surface area contributed by atoms with Crippen LogP contribution in [0.3, 0.4) is 0 Å². The number of halogens is 2. The first kappa shape index (κ1) is 21.1. The fourth-order valence-corrected chi connectivity index (χ4v) is 4.91. The molecule has 0 spiro atoms. The standard InChI is InChI=1S/C18H19BrFN3O3S2/c19-13-6-5-12(7-14(13)20)23(9-11-3-1-2-4-11)18(26)22-17-21-8-16(28-17)27-10-15(24)25/h5-8,11H,1-4,9-10H2,(H,24,25)(H,21,22,26). The summed E-state index contributed by atoms with van der Waals surface area (Å²) in [6.07, 6.45) is 5.93. The van der Waals surface area contributed by atoms with E-state index in [9.17, 15) is 14.0 Å². The van der Waals surface area contributed by atoms with Crippen LogP contribution < -0.4 is 10.2 Å². The van der Waals surface area contributed by atoms with Gasteiger partial charge in [-0.3, -0.25) is 15.0 Å². The highest BCUT2D eigenvalue weighted by molar-refractivity contribution is 9.10. The zero-order valence-electron chi connectivity index (χ0n) is 14.9. The van der Waals surface area contributed by atoms with Gasteiger partial charge in [0, 0.05) is 12.2 Å². The first-order valence-corrected chi connectivity index (χ1v) is 11.4. The number of thioether (sulfide) groups is 1. The van der Waals surface area contributed by atoms with E-state index in [0.29, 0.717) is 32.0 Å². The Morgan fingerprint density at radius 3 is 2.82 bits per heavy atom. The summed E-state index contributed by atoms with van der Waals surface area (Å²) >= 11 is 5.50. The first-order valence-electron chi connectivity index (χ1n) is 8.76. The second-order valence-electron chi connectivity index (χ2n) is 6.46. The van der Waals surface area contributed by atoms with Crippen LogP contribution >= 0.6 is 39.0 Å². The summed E-state index contributed by atoms with van der Waals surface area (Å²) in [5.74, 6) is -1.02. The molecule has 1 saturated carbocycles. The maximum atomic E-state index is 14.0. The lowest BCUT2D eigenvalue weighted by atomic mass is 10.1. The molecule has 28 heavy (non-hydrogen) atoms. The molecule has 0 bridgehead atoms. The number of aromatic nitrogens is 1. The van der Waals surface area contributed by atoms with Crippen molar-refractivity contribution in [2.45, 2.75) is 29.9 Å². The molecule has 1 heterocycles. The van der Waals surface area contributed by atoms with Gasteiger partial charge in [-0.05, 0) is 52.9 Å². The van der Waals surface area contributed by atoms with E-state index in [-0.39, 0.29) is 11.8 Å². The van der Waals surface area contributed by atoms with E-state index in [0.717, 1.165) is 37.4 Å². The van der Waals surface area contributed by atoms with Gasteiger partial charge in [0.25, 0.3) is 0 Å². The van der Waals surface area contributed by atoms with E-state index in [1.807, 2.05) is 0 Å². The summed E-state index contributed by atoms with van der Waals surface area (Å²) < 4.78 is 15.1. The molecule has 1 aromatic carbocycles. The molecule has 1 aromatic heterocycles. The van der Waals surface area contributed by atoms with Crippen molar-refractivity contribution in [3.63, 3.8) is 0 Å². The predicted octanol–water partition coefficient (Wildman–Crippen LogP) is 5.45. The average molecular weight is 488 g/mol. The van der Waals surface area contributed by atoms with E-state index in [2.05, 4.69) is 26.2 Å². The van der Waals surface area contributed by atoms with Gasteiger partial charge < -0.3 is 5.11 Å². The van der Waals surface area contributed by atoms with Gasteiger partial charge in [0.15, 0.2) is 5.13 Å². The highest BCUT2D eigenvalue weighted by atomic mass is 79.9. The van der Waals surface area contributed by atoms with Crippen LogP contribution in [0.2, 0.25) is 0 Å². The molecule has 1 aliphatic carbocycles. The van der Waals surface area contributed by atoms with E-state index >= 15 is 0 Å². The monoisotopic (exact) mass is 487 g/mol. The Labute approximate surface area is 178 Å². The molecule has 150 valence electrons. The Morgan fingerprint density at radius 2 is 2.14 bits per heavy atom. The molecular weight excluding hydrogens is 469 g/mol. The molecule has 1 fully saturated rings. The summed E-state index contributed by atoms with van der Waals surface area (Å²) in [5.41, 5.74) is 0.488. The van der Waals surface area contributed by atoms with Gasteiger partial charge in [0.2, 0.25) is 0 Å². The Balaban J connectivity index is 1.74. The molecular formula is C18H19BrFN3O3S2. The molecule has 0 aliphatic heterocycles. The van der Waals surface area contributed by atoms with Crippen molar-refractivity contribution >= 4 is 61.8 Å². The molecule has 0 radical (unpaired) electrons. The van der Waals surface area contributed by atoms with Crippen LogP contribution in [-0.2, 0) is 4.79 Å². The van der Waals surface area contributed by atoms with Gasteiger partial charge in [-0.2, -0.15) is 0 Å². The van der Waals surface area contributed by atoms with Crippen LogP contribution in [0.15, 0.2) is 33.1 Å². The van der Waals surface area contributed by atoms with Crippen molar-refractivity contribution in [3.05, 3.63) is 34.7 Å². The van der Waals surface area contributed by atoms with E-state index < -0.39 is 11.8 Å². The fraction of sp³-hybridized carbons (Fsp3) is 0.389. The molecule has 2 N–H and O–H groups in total. The SMILES string of the molecule is O=C(O)CSc1cnc(NC(=O)N(CC2CCCC2)c2ccc(Br)c(F)c2)s1. The van der Waals surface area contributed by atoms with Crippen molar-refractivity contribution in [2.75, 3.05) is 22.5 Å². The predicted molar refractivity (Wildman–Crippen MR) is 113 cm³/mol. The van der Waals surface area contributed by atoms with Crippen LogP contribution in [0, 0.1) is 11.7 Å². The molecule has 0 unspecified atom stereocenters. The Morgan fingerprint density at radius 1 is 1.39 bits per heavy atom. The van der Waals surface area contributed by atoms with Crippen LogP contribution in [0.4, 0.5) is 20.0 Å². The number of carbonyl (C=O) groups excluding carboxylic acids is 1. The number of anilines is 2. The molecule has 2 amide bonds. The van der Waals surface area contributed by atoms with Gasteiger partial charge in [0.05, 0.1) is 20.6 Å². The number of rotatable bonds is 7. The van der Waals surface area contributed by atoms with Gasteiger partial charge in [-0.15, -0.1) is 11.8 Å². The van der Waals surface area contributed by atoms with E-state index in [1.54, 1.807) is 17.0 Å². The Bertz CT molecular complexity index is 858. The summed E-state index contributed by atoms with van der Waals surface area (Å²) in [7, 11) is 0. The molecule has 6 nitrogen and oxygen atoms in total. The number of carbonyl (C=O) groups is 2. The highest BCUT2D eigenvalue weighted by Gasteiger charge is 2.24. The lowest BCUT2D eigenvalue weighted by Gasteiger charge is -2.26. The van der Waals surface area contributed by atoms with Gasteiger partial charge in [0.1, 0.15) is 5.82 Å². The summed E-state index contributed by atoms with van der Waals surface area (Å²) in [4.78, 5) is 29.3. The third-order valence-corrected chi connectivity index (χ3v) is 7.15. The average Bonchev–Trinajstić information content (AvgIpc) is 3.32. The number of benzene rings is 1. The number of thiazole rings is 1. The maximum Gasteiger partial charge on any atom is 0.328 e. The van der Waals surface area contributed by atoms with Crippen LogP contribution in [-0.4, -0.2) is 34.4 Å². The molecule has 1 aliphatic rings.